The molecule has 1 aromatic heterocycles. The van der Waals surface area contributed by atoms with Crippen molar-refractivity contribution in [3.8, 4) is 0 Å². The number of carbonyl (C=O) groups is 2. The summed E-state index contributed by atoms with van der Waals surface area (Å²) in [5, 5.41) is 8.56. The van der Waals surface area contributed by atoms with Crippen molar-refractivity contribution in [2.75, 3.05) is 18.4 Å². The van der Waals surface area contributed by atoms with Crippen molar-refractivity contribution in [1.29, 1.82) is 0 Å². The standard InChI is InChI=1S/C23H27N3O3/c1-3-4-5-8-13-26(16-22(27)24-21-14-17(2)29-25-21)23(28)20-12-11-18-9-6-7-10-19(18)15-20/h6-7,9-12,14-15H,3-5,8,13,16H2,1-2H3,(H,24,25,27). The van der Waals surface area contributed by atoms with Crippen LogP contribution in [0.5, 0.6) is 0 Å². The van der Waals surface area contributed by atoms with Crippen molar-refractivity contribution in [3.05, 3.63) is 59.9 Å². The van der Waals surface area contributed by atoms with E-state index in [0.29, 0.717) is 23.7 Å². The molecule has 0 saturated carbocycles. The van der Waals surface area contributed by atoms with Gasteiger partial charge in [0.05, 0.1) is 0 Å². The van der Waals surface area contributed by atoms with Gasteiger partial charge in [-0.1, -0.05) is 61.7 Å². The molecular formula is C23H27N3O3. The van der Waals surface area contributed by atoms with Crippen LogP contribution >= 0.6 is 0 Å². The monoisotopic (exact) mass is 393 g/mol. The quantitative estimate of drug-likeness (QED) is 0.530. The second-order valence-corrected chi connectivity index (χ2v) is 7.22. The van der Waals surface area contributed by atoms with Gasteiger partial charge < -0.3 is 14.7 Å². The van der Waals surface area contributed by atoms with Gasteiger partial charge >= 0.3 is 0 Å². The summed E-state index contributed by atoms with van der Waals surface area (Å²) < 4.78 is 4.97. The lowest BCUT2D eigenvalue weighted by Crippen LogP contribution is -2.38. The number of unbranched alkanes of at least 4 members (excludes halogenated alkanes) is 3. The minimum atomic E-state index is -0.289. The molecule has 0 aliphatic rings. The van der Waals surface area contributed by atoms with Crippen LogP contribution in [-0.4, -0.2) is 35.0 Å². The van der Waals surface area contributed by atoms with E-state index >= 15 is 0 Å². The molecule has 6 nitrogen and oxygen atoms in total. The summed E-state index contributed by atoms with van der Waals surface area (Å²) in [6.45, 7) is 4.41. The summed E-state index contributed by atoms with van der Waals surface area (Å²) in [5.74, 6) is 0.544. The van der Waals surface area contributed by atoms with Crippen LogP contribution in [-0.2, 0) is 4.79 Å². The number of nitrogens with one attached hydrogen (secondary N) is 1. The van der Waals surface area contributed by atoms with Crippen molar-refractivity contribution in [1.82, 2.24) is 10.1 Å². The van der Waals surface area contributed by atoms with Crippen LogP contribution in [0.25, 0.3) is 10.8 Å². The molecule has 0 fully saturated rings. The van der Waals surface area contributed by atoms with Gasteiger partial charge in [-0.2, -0.15) is 0 Å². The summed E-state index contributed by atoms with van der Waals surface area (Å²) in [6, 6.07) is 15.2. The molecule has 1 N–H and O–H groups in total. The maximum Gasteiger partial charge on any atom is 0.254 e. The largest absolute Gasteiger partial charge is 0.360 e. The highest BCUT2D eigenvalue weighted by atomic mass is 16.5. The Kier molecular flexibility index (Phi) is 7.00. The molecule has 0 aliphatic heterocycles. The molecule has 3 rings (SSSR count). The zero-order chi connectivity index (χ0) is 20.6. The highest BCUT2D eigenvalue weighted by molar-refractivity contribution is 6.01. The predicted molar refractivity (Wildman–Crippen MR) is 114 cm³/mol. The maximum atomic E-state index is 13.2. The molecular weight excluding hydrogens is 366 g/mol. The van der Waals surface area contributed by atoms with Gasteiger partial charge in [-0.25, -0.2) is 0 Å². The van der Waals surface area contributed by atoms with Crippen LogP contribution in [0.2, 0.25) is 0 Å². The normalized spacial score (nSPS) is 10.8. The zero-order valence-corrected chi connectivity index (χ0v) is 17.0. The van der Waals surface area contributed by atoms with E-state index in [1.165, 1.54) is 0 Å². The van der Waals surface area contributed by atoms with E-state index in [1.807, 2.05) is 42.5 Å². The molecule has 0 unspecified atom stereocenters. The number of benzene rings is 2. The number of hydrogen-bond acceptors (Lipinski definition) is 4. The topological polar surface area (TPSA) is 75.4 Å². The molecule has 152 valence electrons. The first kappa shape index (κ1) is 20.6. The van der Waals surface area contributed by atoms with Gasteiger partial charge in [0.1, 0.15) is 12.3 Å². The molecule has 0 spiro atoms. The van der Waals surface area contributed by atoms with Gasteiger partial charge in [0.2, 0.25) is 5.91 Å². The minimum Gasteiger partial charge on any atom is -0.360 e. The van der Waals surface area contributed by atoms with Crippen molar-refractivity contribution < 1.29 is 14.1 Å². The predicted octanol–water partition coefficient (Wildman–Crippen LogP) is 4.80. The average Bonchev–Trinajstić information content (AvgIpc) is 3.13. The van der Waals surface area contributed by atoms with Crippen LogP contribution in [0.1, 0.15) is 48.7 Å². The molecule has 0 saturated heterocycles. The molecule has 29 heavy (non-hydrogen) atoms. The molecule has 0 radical (unpaired) electrons. The number of aromatic nitrogens is 1. The van der Waals surface area contributed by atoms with E-state index in [0.717, 1.165) is 36.5 Å². The fourth-order valence-corrected chi connectivity index (χ4v) is 3.27. The van der Waals surface area contributed by atoms with Crippen LogP contribution in [0.15, 0.2) is 53.1 Å². The SMILES string of the molecule is CCCCCCN(CC(=O)Nc1cc(C)on1)C(=O)c1ccc2ccccc2c1. The lowest BCUT2D eigenvalue weighted by molar-refractivity contribution is -0.117. The van der Waals surface area contributed by atoms with E-state index in [1.54, 1.807) is 17.9 Å². The van der Waals surface area contributed by atoms with Crippen LogP contribution in [0.3, 0.4) is 0 Å². The number of amides is 2. The number of carbonyl (C=O) groups excluding carboxylic acids is 2. The molecule has 0 atom stereocenters. The van der Waals surface area contributed by atoms with Gasteiger partial charge in [-0.15, -0.1) is 0 Å². The Balaban J connectivity index is 1.73. The van der Waals surface area contributed by atoms with Crippen molar-refractivity contribution in [2.24, 2.45) is 0 Å². The van der Waals surface area contributed by atoms with E-state index in [2.05, 4.69) is 17.4 Å². The lowest BCUT2D eigenvalue weighted by Gasteiger charge is -2.22. The van der Waals surface area contributed by atoms with Crippen LogP contribution in [0.4, 0.5) is 5.82 Å². The highest BCUT2D eigenvalue weighted by Gasteiger charge is 2.19. The molecule has 0 bridgehead atoms. The summed E-state index contributed by atoms with van der Waals surface area (Å²) in [6.07, 6.45) is 4.12. The third-order valence-corrected chi connectivity index (χ3v) is 4.80. The summed E-state index contributed by atoms with van der Waals surface area (Å²) in [5.41, 5.74) is 0.587. The number of fused-ring (bicyclic) bond motifs is 1. The van der Waals surface area contributed by atoms with E-state index in [-0.39, 0.29) is 18.4 Å². The van der Waals surface area contributed by atoms with E-state index < -0.39 is 0 Å². The third-order valence-electron chi connectivity index (χ3n) is 4.80. The second kappa shape index (κ2) is 9.87. The van der Waals surface area contributed by atoms with Gasteiger partial charge in [-0.05, 0) is 36.2 Å². The Morgan fingerprint density at radius 1 is 1.03 bits per heavy atom. The fraction of sp³-hybridized carbons (Fsp3) is 0.348. The number of aryl methyl sites for hydroxylation is 1. The Morgan fingerprint density at radius 3 is 2.55 bits per heavy atom. The average molecular weight is 393 g/mol. The van der Waals surface area contributed by atoms with Crippen LogP contribution in [0, 0.1) is 6.92 Å². The van der Waals surface area contributed by atoms with Gasteiger partial charge in [0.15, 0.2) is 5.82 Å². The lowest BCUT2D eigenvalue weighted by atomic mass is 10.1. The Hall–Kier alpha value is -3.15. The second-order valence-electron chi connectivity index (χ2n) is 7.22. The fourth-order valence-electron chi connectivity index (χ4n) is 3.27. The molecule has 1 heterocycles. The summed E-state index contributed by atoms with van der Waals surface area (Å²) >= 11 is 0. The zero-order valence-electron chi connectivity index (χ0n) is 17.0. The Bertz CT molecular complexity index is 980. The molecule has 6 heteroatoms. The number of nitrogens with zero attached hydrogens (tertiary/aromatic N) is 2. The van der Waals surface area contributed by atoms with Crippen LogP contribution < -0.4 is 5.32 Å². The van der Waals surface area contributed by atoms with Gasteiger partial charge in [0, 0.05) is 18.2 Å². The Labute approximate surface area is 170 Å². The third kappa shape index (κ3) is 5.67. The number of anilines is 1. The number of rotatable bonds is 9. The first-order valence-electron chi connectivity index (χ1n) is 10.1. The van der Waals surface area contributed by atoms with E-state index in [4.69, 9.17) is 4.52 Å². The van der Waals surface area contributed by atoms with Crippen molar-refractivity contribution in [2.45, 2.75) is 39.5 Å². The molecule has 3 aromatic rings. The maximum absolute atomic E-state index is 13.2. The first-order chi connectivity index (χ1) is 14.1. The van der Waals surface area contributed by atoms with Gasteiger partial charge in [-0.3, -0.25) is 9.59 Å². The molecule has 2 amide bonds. The highest BCUT2D eigenvalue weighted by Crippen LogP contribution is 2.17. The van der Waals surface area contributed by atoms with Gasteiger partial charge in [0.25, 0.3) is 5.91 Å². The molecule has 0 aliphatic carbocycles. The summed E-state index contributed by atoms with van der Waals surface area (Å²) in [7, 11) is 0. The summed E-state index contributed by atoms with van der Waals surface area (Å²) in [4.78, 5) is 27.3. The molecule has 2 aromatic carbocycles. The minimum absolute atomic E-state index is 0.0241. The first-order valence-corrected chi connectivity index (χ1v) is 10.1. The van der Waals surface area contributed by atoms with Crippen molar-refractivity contribution >= 4 is 28.4 Å². The van der Waals surface area contributed by atoms with E-state index in [9.17, 15) is 9.59 Å². The van der Waals surface area contributed by atoms with Crippen molar-refractivity contribution in [3.63, 3.8) is 0 Å². The smallest absolute Gasteiger partial charge is 0.254 e. The number of hydrogen-bond donors (Lipinski definition) is 1. The Morgan fingerprint density at radius 2 is 1.83 bits per heavy atom.